The molecule has 0 atom stereocenters. The Hall–Kier alpha value is -1.93. The number of rotatable bonds is 4. The van der Waals surface area contributed by atoms with Crippen molar-refractivity contribution in [2.45, 2.75) is 13.5 Å². The Bertz CT molecular complexity index is 698. The number of ether oxygens (including phenoxy) is 1. The third kappa shape index (κ3) is 4.08. The molecule has 8 heteroatoms. The highest BCUT2D eigenvalue weighted by atomic mass is 79.9. The van der Waals surface area contributed by atoms with Gasteiger partial charge in [0, 0.05) is 18.8 Å². The van der Waals surface area contributed by atoms with Crippen LogP contribution in [0.5, 0.6) is 0 Å². The number of carbonyl (C=O) groups is 1. The van der Waals surface area contributed by atoms with Crippen molar-refractivity contribution in [2.75, 3.05) is 31.2 Å². The van der Waals surface area contributed by atoms with E-state index in [9.17, 15) is 4.79 Å². The van der Waals surface area contributed by atoms with Gasteiger partial charge in [0.25, 0.3) is 5.91 Å². The van der Waals surface area contributed by atoms with Crippen molar-refractivity contribution in [3.8, 4) is 0 Å². The maximum Gasteiger partial charge on any atom is 0.287 e. The second kappa shape index (κ2) is 7.10. The van der Waals surface area contributed by atoms with Gasteiger partial charge >= 0.3 is 0 Å². The van der Waals surface area contributed by atoms with Crippen LogP contribution in [-0.2, 0) is 11.3 Å². The third-order valence-electron chi connectivity index (χ3n) is 3.42. The van der Waals surface area contributed by atoms with Gasteiger partial charge in [-0.05, 0) is 41.1 Å². The van der Waals surface area contributed by atoms with E-state index in [1.807, 2.05) is 13.0 Å². The fraction of sp³-hybridized carbons (Fsp3) is 0.400. The number of hydrogen-bond acceptors (Lipinski definition) is 6. The molecule has 0 saturated carbocycles. The number of nitrogens with one attached hydrogen (secondary N) is 1. The Morgan fingerprint density at radius 2 is 2.13 bits per heavy atom. The minimum Gasteiger partial charge on any atom is -0.444 e. The fourth-order valence-electron chi connectivity index (χ4n) is 2.31. The Morgan fingerprint density at radius 1 is 1.35 bits per heavy atom. The van der Waals surface area contributed by atoms with E-state index < -0.39 is 0 Å². The number of aromatic nitrogens is 2. The van der Waals surface area contributed by atoms with Gasteiger partial charge in [0.05, 0.1) is 25.5 Å². The first kappa shape index (κ1) is 15.9. The van der Waals surface area contributed by atoms with Gasteiger partial charge in [-0.2, -0.15) is 0 Å². The normalized spacial score (nSPS) is 14.8. The molecule has 7 nitrogen and oxygen atoms in total. The summed E-state index contributed by atoms with van der Waals surface area (Å²) in [7, 11) is 0. The van der Waals surface area contributed by atoms with Crippen LogP contribution in [0, 0.1) is 6.92 Å². The van der Waals surface area contributed by atoms with E-state index in [-0.39, 0.29) is 11.7 Å². The molecule has 0 unspecified atom stereocenters. The molecule has 2 aromatic heterocycles. The third-order valence-corrected chi connectivity index (χ3v) is 3.84. The molecule has 3 rings (SSSR count). The largest absolute Gasteiger partial charge is 0.444 e. The van der Waals surface area contributed by atoms with E-state index in [4.69, 9.17) is 9.15 Å². The summed E-state index contributed by atoms with van der Waals surface area (Å²) >= 11 is 3.18. The van der Waals surface area contributed by atoms with E-state index in [1.54, 1.807) is 12.1 Å². The number of furan rings is 1. The van der Waals surface area contributed by atoms with Gasteiger partial charge in [0.1, 0.15) is 0 Å². The van der Waals surface area contributed by atoms with E-state index >= 15 is 0 Å². The summed E-state index contributed by atoms with van der Waals surface area (Å²) in [6, 6.07) is 5.16. The molecule has 0 spiro atoms. The van der Waals surface area contributed by atoms with Crippen LogP contribution in [0.2, 0.25) is 0 Å². The molecule has 23 heavy (non-hydrogen) atoms. The van der Waals surface area contributed by atoms with Crippen molar-refractivity contribution in [2.24, 2.45) is 0 Å². The maximum atomic E-state index is 12.0. The molecule has 122 valence electrons. The Balaban J connectivity index is 1.67. The predicted molar refractivity (Wildman–Crippen MR) is 87.4 cm³/mol. The summed E-state index contributed by atoms with van der Waals surface area (Å²) in [6.45, 7) is 5.14. The number of halogens is 1. The lowest BCUT2D eigenvalue weighted by Gasteiger charge is -2.27. The van der Waals surface area contributed by atoms with Crippen LogP contribution in [0.4, 0.5) is 5.95 Å². The summed E-state index contributed by atoms with van der Waals surface area (Å²) in [5.41, 5.74) is 1.63. The highest BCUT2D eigenvalue weighted by Gasteiger charge is 2.16. The van der Waals surface area contributed by atoms with E-state index in [0.29, 0.717) is 30.4 Å². The molecule has 1 fully saturated rings. The van der Waals surface area contributed by atoms with Crippen molar-refractivity contribution in [1.29, 1.82) is 0 Å². The number of morpholine rings is 1. The lowest BCUT2D eigenvalue weighted by atomic mass is 10.3. The Morgan fingerprint density at radius 3 is 2.83 bits per heavy atom. The van der Waals surface area contributed by atoms with Gasteiger partial charge in [-0.15, -0.1) is 0 Å². The van der Waals surface area contributed by atoms with Crippen LogP contribution in [-0.4, -0.2) is 42.2 Å². The molecule has 2 aromatic rings. The predicted octanol–water partition coefficient (Wildman–Crippen LogP) is 1.91. The van der Waals surface area contributed by atoms with E-state index in [0.717, 1.165) is 24.5 Å². The van der Waals surface area contributed by atoms with E-state index in [1.165, 1.54) is 0 Å². The second-order valence-electron chi connectivity index (χ2n) is 5.19. The fourth-order valence-corrected chi connectivity index (χ4v) is 2.61. The first-order chi connectivity index (χ1) is 11.1. The lowest BCUT2D eigenvalue weighted by Crippen LogP contribution is -2.37. The molecule has 1 amide bonds. The molecule has 1 aliphatic heterocycles. The van der Waals surface area contributed by atoms with Crippen LogP contribution < -0.4 is 10.2 Å². The van der Waals surface area contributed by atoms with Crippen LogP contribution in [0.3, 0.4) is 0 Å². The standard InChI is InChI=1S/C15H17BrN4O3/c1-10-8-11(9-17-14(21)12-2-3-13(16)23-12)19-15(18-10)20-4-6-22-7-5-20/h2-3,8H,4-7,9H2,1H3,(H,17,21). The number of carbonyl (C=O) groups excluding carboxylic acids is 1. The summed E-state index contributed by atoms with van der Waals surface area (Å²) < 4.78 is 11.1. The summed E-state index contributed by atoms with van der Waals surface area (Å²) in [4.78, 5) is 23.1. The first-order valence-electron chi connectivity index (χ1n) is 7.32. The van der Waals surface area contributed by atoms with Crippen molar-refractivity contribution in [1.82, 2.24) is 15.3 Å². The van der Waals surface area contributed by atoms with Gasteiger partial charge in [-0.1, -0.05) is 0 Å². The number of aryl methyl sites for hydroxylation is 1. The van der Waals surface area contributed by atoms with E-state index in [2.05, 4.69) is 36.1 Å². The Kier molecular flexibility index (Phi) is 4.92. The molecule has 0 aromatic carbocycles. The number of amides is 1. The molecular weight excluding hydrogens is 364 g/mol. The smallest absolute Gasteiger partial charge is 0.287 e. The zero-order chi connectivity index (χ0) is 16.2. The lowest BCUT2D eigenvalue weighted by molar-refractivity contribution is 0.0921. The van der Waals surface area contributed by atoms with Gasteiger partial charge in [0.15, 0.2) is 10.4 Å². The monoisotopic (exact) mass is 380 g/mol. The highest BCUT2D eigenvalue weighted by Crippen LogP contribution is 2.15. The van der Waals surface area contributed by atoms with Crippen molar-refractivity contribution < 1.29 is 13.9 Å². The number of anilines is 1. The van der Waals surface area contributed by atoms with Gasteiger partial charge in [-0.25, -0.2) is 9.97 Å². The van der Waals surface area contributed by atoms with Gasteiger partial charge in [-0.3, -0.25) is 4.79 Å². The average molecular weight is 381 g/mol. The number of hydrogen-bond donors (Lipinski definition) is 1. The highest BCUT2D eigenvalue weighted by molar-refractivity contribution is 9.10. The maximum absolute atomic E-state index is 12.0. The molecule has 0 radical (unpaired) electrons. The zero-order valence-corrected chi connectivity index (χ0v) is 14.3. The van der Waals surface area contributed by atoms with Crippen molar-refractivity contribution in [3.05, 3.63) is 40.0 Å². The molecule has 1 aliphatic rings. The molecule has 0 bridgehead atoms. The van der Waals surface area contributed by atoms with Crippen molar-refractivity contribution in [3.63, 3.8) is 0 Å². The minimum absolute atomic E-state index is 0.260. The van der Waals surface area contributed by atoms with Crippen molar-refractivity contribution >= 4 is 27.8 Å². The van der Waals surface area contributed by atoms with Gasteiger partial charge in [0.2, 0.25) is 5.95 Å². The zero-order valence-electron chi connectivity index (χ0n) is 12.7. The second-order valence-corrected chi connectivity index (χ2v) is 5.97. The molecule has 0 aliphatic carbocycles. The van der Waals surface area contributed by atoms with Crippen LogP contribution in [0.15, 0.2) is 27.3 Å². The molecule has 1 saturated heterocycles. The molecule has 1 N–H and O–H groups in total. The minimum atomic E-state index is -0.278. The Labute approximate surface area is 142 Å². The SMILES string of the molecule is Cc1cc(CNC(=O)c2ccc(Br)o2)nc(N2CCOCC2)n1. The van der Waals surface area contributed by atoms with Crippen LogP contribution in [0.25, 0.3) is 0 Å². The summed E-state index contributed by atoms with van der Waals surface area (Å²) in [5.74, 6) is 0.661. The van der Waals surface area contributed by atoms with Crippen LogP contribution >= 0.6 is 15.9 Å². The average Bonchev–Trinajstić information content (AvgIpc) is 2.99. The van der Waals surface area contributed by atoms with Crippen LogP contribution in [0.1, 0.15) is 21.9 Å². The molecular formula is C15H17BrN4O3. The van der Waals surface area contributed by atoms with Gasteiger partial charge < -0.3 is 19.4 Å². The number of nitrogens with zero attached hydrogens (tertiary/aromatic N) is 3. The quantitative estimate of drug-likeness (QED) is 0.872. The molecule has 3 heterocycles. The summed E-state index contributed by atoms with van der Waals surface area (Å²) in [5, 5.41) is 2.80. The topological polar surface area (TPSA) is 80.5 Å². The first-order valence-corrected chi connectivity index (χ1v) is 8.12. The summed E-state index contributed by atoms with van der Waals surface area (Å²) in [6.07, 6.45) is 0.